The highest BCUT2D eigenvalue weighted by Crippen LogP contribution is 2.22. The number of hydrogen-bond acceptors (Lipinski definition) is 5. The summed E-state index contributed by atoms with van der Waals surface area (Å²) in [5, 5.41) is 1.64. The van der Waals surface area contributed by atoms with Crippen molar-refractivity contribution in [1.82, 2.24) is 4.72 Å². The van der Waals surface area contributed by atoms with E-state index in [1.165, 1.54) is 11.3 Å². The third-order valence-electron chi connectivity index (χ3n) is 3.46. The minimum absolute atomic E-state index is 0.0740. The minimum Gasteiger partial charge on any atom is -0.381 e. The van der Waals surface area contributed by atoms with Crippen molar-refractivity contribution in [3.05, 3.63) is 16.3 Å². The third-order valence-corrected chi connectivity index (χ3v) is 6.10. The predicted octanol–water partition coefficient (Wildman–Crippen LogP) is 1.30. The van der Waals surface area contributed by atoms with Gasteiger partial charge in [0.05, 0.1) is 4.90 Å². The first kappa shape index (κ1) is 14.9. The van der Waals surface area contributed by atoms with Gasteiger partial charge in [0.2, 0.25) is 10.0 Å². The van der Waals surface area contributed by atoms with Gasteiger partial charge in [-0.2, -0.15) is 0 Å². The van der Waals surface area contributed by atoms with E-state index in [1.54, 1.807) is 11.4 Å². The van der Waals surface area contributed by atoms with Crippen molar-refractivity contribution in [1.29, 1.82) is 0 Å². The van der Waals surface area contributed by atoms with Gasteiger partial charge in [0.1, 0.15) is 0 Å². The number of ether oxygens (including phenoxy) is 1. The molecule has 1 atom stereocenters. The van der Waals surface area contributed by atoms with Gasteiger partial charge < -0.3 is 10.5 Å². The van der Waals surface area contributed by atoms with Gasteiger partial charge >= 0.3 is 0 Å². The maximum absolute atomic E-state index is 12.2. The van der Waals surface area contributed by atoms with E-state index in [1.807, 2.05) is 6.92 Å². The molecule has 1 aliphatic heterocycles. The van der Waals surface area contributed by atoms with Crippen LogP contribution in [0.4, 0.5) is 0 Å². The quantitative estimate of drug-likeness (QED) is 0.859. The molecule has 2 rings (SSSR count). The van der Waals surface area contributed by atoms with Crippen molar-refractivity contribution in [3.8, 4) is 0 Å². The number of nitrogens with one attached hydrogen (secondary N) is 1. The van der Waals surface area contributed by atoms with Gasteiger partial charge in [-0.1, -0.05) is 0 Å². The number of nitrogens with two attached hydrogens (primary N) is 1. The predicted molar refractivity (Wildman–Crippen MR) is 75.5 cm³/mol. The molecule has 1 unspecified atom stereocenters. The smallest absolute Gasteiger partial charge is 0.241 e. The summed E-state index contributed by atoms with van der Waals surface area (Å²) in [7, 11) is -3.43. The zero-order valence-electron chi connectivity index (χ0n) is 11.0. The average molecular weight is 304 g/mol. The number of hydrogen-bond donors (Lipinski definition) is 2. The highest BCUT2D eigenvalue weighted by atomic mass is 32.2. The molecule has 0 saturated carbocycles. The first-order valence-corrected chi connectivity index (χ1v) is 8.77. The van der Waals surface area contributed by atoms with Crippen molar-refractivity contribution in [2.75, 3.05) is 13.2 Å². The second kappa shape index (κ2) is 6.32. The highest BCUT2D eigenvalue weighted by Gasteiger charge is 2.25. The Kier molecular flexibility index (Phi) is 4.97. The van der Waals surface area contributed by atoms with E-state index < -0.39 is 10.0 Å². The van der Waals surface area contributed by atoms with Gasteiger partial charge in [-0.05, 0) is 31.7 Å². The van der Waals surface area contributed by atoms with Crippen LogP contribution in [0.15, 0.2) is 16.3 Å². The molecule has 0 aromatic carbocycles. The molecule has 19 heavy (non-hydrogen) atoms. The normalized spacial score (nSPS) is 19.5. The molecule has 1 aliphatic rings. The van der Waals surface area contributed by atoms with Gasteiger partial charge in [-0.15, -0.1) is 11.3 Å². The minimum atomic E-state index is -3.43. The van der Waals surface area contributed by atoms with E-state index in [4.69, 9.17) is 10.5 Å². The largest absolute Gasteiger partial charge is 0.381 e. The van der Waals surface area contributed by atoms with Crippen LogP contribution in [0.25, 0.3) is 0 Å². The lowest BCUT2D eigenvalue weighted by Gasteiger charge is -2.28. The molecule has 3 N–H and O–H groups in total. The van der Waals surface area contributed by atoms with Crippen LogP contribution < -0.4 is 10.5 Å². The van der Waals surface area contributed by atoms with Crippen molar-refractivity contribution in [2.45, 2.75) is 37.2 Å². The van der Waals surface area contributed by atoms with Crippen molar-refractivity contribution >= 4 is 21.4 Å². The van der Waals surface area contributed by atoms with Crippen LogP contribution in [0.5, 0.6) is 0 Å². The molecule has 1 fully saturated rings. The third kappa shape index (κ3) is 3.76. The molecule has 0 spiro atoms. The SMILES string of the molecule is CC(NS(=O)(=O)c1csc(CN)c1)C1CCOCC1. The first-order chi connectivity index (χ1) is 9.03. The summed E-state index contributed by atoms with van der Waals surface area (Å²) >= 11 is 1.37. The molecule has 108 valence electrons. The number of thiophene rings is 1. The summed E-state index contributed by atoms with van der Waals surface area (Å²) in [6.07, 6.45) is 1.81. The van der Waals surface area contributed by atoms with E-state index in [2.05, 4.69) is 4.72 Å². The summed E-state index contributed by atoms with van der Waals surface area (Å²) in [5.74, 6) is 0.344. The fourth-order valence-electron chi connectivity index (χ4n) is 2.23. The number of rotatable bonds is 5. The summed E-state index contributed by atoms with van der Waals surface area (Å²) in [4.78, 5) is 1.19. The Labute approximate surface area is 118 Å². The first-order valence-electron chi connectivity index (χ1n) is 6.40. The second-order valence-electron chi connectivity index (χ2n) is 4.81. The fraction of sp³-hybridized carbons (Fsp3) is 0.667. The fourth-order valence-corrected chi connectivity index (χ4v) is 4.70. The van der Waals surface area contributed by atoms with Crippen LogP contribution in [-0.4, -0.2) is 27.7 Å². The van der Waals surface area contributed by atoms with Crippen LogP contribution >= 0.6 is 11.3 Å². The lowest BCUT2D eigenvalue weighted by molar-refractivity contribution is 0.0585. The van der Waals surface area contributed by atoms with E-state index >= 15 is 0 Å². The Morgan fingerprint density at radius 1 is 1.53 bits per heavy atom. The Bertz CT molecular complexity index is 507. The van der Waals surface area contributed by atoms with E-state index in [9.17, 15) is 8.42 Å². The maximum atomic E-state index is 12.2. The van der Waals surface area contributed by atoms with Crippen molar-refractivity contribution < 1.29 is 13.2 Å². The zero-order valence-corrected chi connectivity index (χ0v) is 12.6. The maximum Gasteiger partial charge on any atom is 0.241 e. The molecule has 0 aliphatic carbocycles. The van der Waals surface area contributed by atoms with Gasteiger partial charge in [-0.25, -0.2) is 13.1 Å². The molecule has 1 saturated heterocycles. The second-order valence-corrected chi connectivity index (χ2v) is 7.52. The van der Waals surface area contributed by atoms with Gasteiger partial charge in [0.25, 0.3) is 0 Å². The number of sulfonamides is 1. The summed E-state index contributed by atoms with van der Waals surface area (Å²) in [6.45, 7) is 3.72. The van der Waals surface area contributed by atoms with Gasteiger partial charge in [0.15, 0.2) is 0 Å². The van der Waals surface area contributed by atoms with Gasteiger partial charge in [-0.3, -0.25) is 0 Å². The van der Waals surface area contributed by atoms with Crippen LogP contribution in [0.1, 0.15) is 24.6 Å². The molecule has 0 amide bonds. The molecule has 2 heterocycles. The van der Waals surface area contributed by atoms with Crippen LogP contribution in [0.3, 0.4) is 0 Å². The summed E-state index contributed by atoms with van der Waals surface area (Å²) in [6, 6.07) is 1.57. The molecule has 1 aromatic rings. The van der Waals surface area contributed by atoms with E-state index in [-0.39, 0.29) is 6.04 Å². The molecule has 0 bridgehead atoms. The standard InChI is InChI=1S/C12H20N2O3S2/c1-9(10-2-4-17-5-3-10)14-19(15,16)12-6-11(7-13)18-8-12/h6,8-10,14H,2-5,7,13H2,1H3. The molecule has 7 heteroatoms. The van der Waals surface area contributed by atoms with Crippen LogP contribution in [0.2, 0.25) is 0 Å². The van der Waals surface area contributed by atoms with Crippen molar-refractivity contribution in [3.63, 3.8) is 0 Å². The highest BCUT2D eigenvalue weighted by molar-refractivity contribution is 7.89. The lowest BCUT2D eigenvalue weighted by atomic mass is 9.94. The van der Waals surface area contributed by atoms with E-state index in [0.29, 0.717) is 30.6 Å². The molecular formula is C12H20N2O3S2. The molecule has 1 aromatic heterocycles. The zero-order chi connectivity index (χ0) is 13.9. The lowest BCUT2D eigenvalue weighted by Crippen LogP contribution is -2.40. The monoisotopic (exact) mass is 304 g/mol. The topological polar surface area (TPSA) is 81.4 Å². The van der Waals surface area contributed by atoms with Gasteiger partial charge in [0, 0.05) is 36.1 Å². The van der Waals surface area contributed by atoms with E-state index in [0.717, 1.165) is 17.7 Å². The Hall–Kier alpha value is -0.470. The Balaban J connectivity index is 2.03. The van der Waals surface area contributed by atoms with Crippen LogP contribution in [0, 0.1) is 5.92 Å². The summed E-state index contributed by atoms with van der Waals surface area (Å²) in [5.41, 5.74) is 5.51. The molecule has 5 nitrogen and oxygen atoms in total. The Morgan fingerprint density at radius 3 is 2.79 bits per heavy atom. The summed E-state index contributed by atoms with van der Waals surface area (Å²) < 4.78 is 32.5. The Morgan fingerprint density at radius 2 is 2.21 bits per heavy atom. The van der Waals surface area contributed by atoms with Crippen LogP contribution in [-0.2, 0) is 21.3 Å². The average Bonchev–Trinajstić information content (AvgIpc) is 2.89. The molecular weight excluding hydrogens is 284 g/mol. The van der Waals surface area contributed by atoms with Crippen molar-refractivity contribution in [2.24, 2.45) is 11.7 Å². The molecule has 0 radical (unpaired) electrons.